The van der Waals surface area contributed by atoms with Crippen LogP contribution in [0.15, 0.2) is 41.8 Å². The zero-order valence-electron chi connectivity index (χ0n) is 32.1. The Kier molecular flexibility index (Phi) is 10.6. The Bertz CT molecular complexity index is 1790. The summed E-state index contributed by atoms with van der Waals surface area (Å²) in [4.78, 5) is 88.8. The molecule has 5 amide bonds. The molecule has 3 heterocycles. The zero-order chi connectivity index (χ0) is 38.4. The van der Waals surface area contributed by atoms with Crippen LogP contribution in [0.1, 0.15) is 112 Å². The van der Waals surface area contributed by atoms with Gasteiger partial charge in [0, 0.05) is 12.6 Å². The molecule has 1 unspecified atom stereocenters. The molecule has 294 valence electrons. The van der Waals surface area contributed by atoms with Crippen LogP contribution in [0.3, 0.4) is 0 Å². The predicted molar refractivity (Wildman–Crippen MR) is 208 cm³/mol. The third-order valence-electron chi connectivity index (χ3n) is 13.2. The van der Waals surface area contributed by atoms with Gasteiger partial charge in [0.15, 0.2) is 0 Å². The summed E-state index contributed by atoms with van der Waals surface area (Å²) < 4.78 is 0. The zero-order valence-corrected chi connectivity index (χ0v) is 32.9. The second-order valence-electron chi connectivity index (χ2n) is 17.6. The summed E-state index contributed by atoms with van der Waals surface area (Å²) in [5.74, 6) is -2.22. The van der Waals surface area contributed by atoms with Crippen LogP contribution in [0.2, 0.25) is 0 Å². The van der Waals surface area contributed by atoms with E-state index in [1.807, 2.05) is 28.5 Å². The van der Waals surface area contributed by atoms with Crippen LogP contribution in [-0.4, -0.2) is 87.4 Å². The quantitative estimate of drug-likeness (QED) is 0.190. The Morgan fingerprint density at radius 1 is 0.873 bits per heavy atom. The minimum absolute atomic E-state index is 0.0195. The highest BCUT2D eigenvalue weighted by Gasteiger charge is 2.65. The average molecular weight is 770 g/mol. The highest BCUT2D eigenvalue weighted by Crippen LogP contribution is 2.49. The van der Waals surface area contributed by atoms with Crippen molar-refractivity contribution in [3.8, 4) is 0 Å². The molecular formula is C43H55N5O6S. The second-order valence-corrected chi connectivity index (χ2v) is 18.6. The Morgan fingerprint density at radius 3 is 2.20 bits per heavy atom. The minimum Gasteiger partial charge on any atom is -0.347 e. The Labute approximate surface area is 327 Å². The average Bonchev–Trinajstić information content (AvgIpc) is 4.00. The summed E-state index contributed by atoms with van der Waals surface area (Å²) in [7, 11) is 0. The minimum atomic E-state index is -0.952. The Morgan fingerprint density at radius 2 is 1.58 bits per heavy atom. The van der Waals surface area contributed by atoms with Crippen LogP contribution < -0.4 is 16.0 Å². The van der Waals surface area contributed by atoms with Gasteiger partial charge in [-0.25, -0.2) is 0 Å². The summed E-state index contributed by atoms with van der Waals surface area (Å²) in [6, 6.07) is 8.45. The number of hydrogen-bond donors (Lipinski definition) is 3. The van der Waals surface area contributed by atoms with Gasteiger partial charge in [0.25, 0.3) is 11.8 Å². The monoisotopic (exact) mass is 769 g/mol. The maximum atomic E-state index is 15.5. The second kappa shape index (κ2) is 15.5. The molecule has 8 rings (SSSR count). The number of β-lactam (4-membered cyclic amide) rings is 1. The van der Waals surface area contributed by atoms with Gasteiger partial charge in [0.2, 0.25) is 23.5 Å². The molecular weight excluding hydrogens is 715 g/mol. The van der Waals surface area contributed by atoms with E-state index in [0.717, 1.165) is 56.1 Å². The number of ketones is 1. The summed E-state index contributed by atoms with van der Waals surface area (Å²) >= 11 is 1.33. The maximum Gasteiger partial charge on any atom is 0.289 e. The third-order valence-corrected chi connectivity index (χ3v) is 14.1. The topological polar surface area (TPSA) is 145 Å². The van der Waals surface area contributed by atoms with E-state index in [9.17, 15) is 24.0 Å². The molecule has 5 fully saturated rings. The SMILES string of the molecule is CC(C)C[C@H]1CCN(C(=O)[C@H](C2Cc3ccccc3C2)N2C(=O)[C@@H](NC(=O)c3cccs3)C23CCCCC3)[C@@H]1C(=O)NC(CC1CC1)C(=O)C(=O)NC1CC1. The van der Waals surface area contributed by atoms with Crippen molar-refractivity contribution >= 4 is 46.7 Å². The van der Waals surface area contributed by atoms with Crippen molar-refractivity contribution in [1.82, 2.24) is 25.8 Å². The van der Waals surface area contributed by atoms with Gasteiger partial charge in [-0.3, -0.25) is 28.8 Å². The van der Waals surface area contributed by atoms with Crippen LogP contribution in [0.5, 0.6) is 0 Å². The Balaban J connectivity index is 1.11. The summed E-state index contributed by atoms with van der Waals surface area (Å²) in [5.41, 5.74) is 1.62. The lowest BCUT2D eigenvalue weighted by molar-refractivity contribution is -0.183. The molecule has 1 spiro atoms. The lowest BCUT2D eigenvalue weighted by Gasteiger charge is -2.62. The van der Waals surface area contributed by atoms with Crippen LogP contribution in [-0.2, 0) is 36.8 Å². The number of carbonyl (C=O) groups excluding carboxylic acids is 6. The van der Waals surface area contributed by atoms with Crippen molar-refractivity contribution < 1.29 is 28.8 Å². The van der Waals surface area contributed by atoms with Gasteiger partial charge in [-0.2, -0.15) is 0 Å². The van der Waals surface area contributed by atoms with Gasteiger partial charge < -0.3 is 25.8 Å². The molecule has 1 aromatic heterocycles. The van der Waals surface area contributed by atoms with E-state index in [0.29, 0.717) is 56.4 Å². The largest absolute Gasteiger partial charge is 0.347 e. The van der Waals surface area contributed by atoms with Gasteiger partial charge in [-0.15, -0.1) is 11.3 Å². The van der Waals surface area contributed by atoms with E-state index in [4.69, 9.17) is 0 Å². The van der Waals surface area contributed by atoms with E-state index in [1.54, 1.807) is 11.0 Å². The number of Topliss-reactive ketones (excluding diaryl/α,β-unsaturated/α-hetero) is 1. The predicted octanol–water partition coefficient (Wildman–Crippen LogP) is 4.57. The lowest BCUT2D eigenvalue weighted by Crippen LogP contribution is -2.83. The molecule has 12 heteroatoms. The first-order valence-electron chi connectivity index (χ1n) is 20.7. The number of carbonyl (C=O) groups is 6. The number of benzene rings is 1. The van der Waals surface area contributed by atoms with Crippen molar-refractivity contribution in [3.63, 3.8) is 0 Å². The number of likely N-dealkylation sites (tertiary alicyclic amines) is 2. The molecule has 4 aliphatic carbocycles. The highest BCUT2D eigenvalue weighted by molar-refractivity contribution is 7.12. The van der Waals surface area contributed by atoms with Crippen molar-refractivity contribution in [3.05, 3.63) is 57.8 Å². The first-order chi connectivity index (χ1) is 26.5. The fourth-order valence-electron chi connectivity index (χ4n) is 10.2. The molecule has 2 saturated heterocycles. The smallest absolute Gasteiger partial charge is 0.289 e. The van der Waals surface area contributed by atoms with E-state index in [-0.39, 0.29) is 47.4 Å². The maximum absolute atomic E-state index is 15.5. The van der Waals surface area contributed by atoms with E-state index in [1.165, 1.54) is 11.3 Å². The third kappa shape index (κ3) is 7.59. The molecule has 0 radical (unpaired) electrons. The van der Waals surface area contributed by atoms with Crippen molar-refractivity contribution in [2.75, 3.05) is 6.54 Å². The normalized spacial score (nSPS) is 25.7. The van der Waals surface area contributed by atoms with Crippen molar-refractivity contribution in [2.45, 2.75) is 139 Å². The van der Waals surface area contributed by atoms with E-state index < -0.39 is 47.3 Å². The first kappa shape index (κ1) is 37.8. The van der Waals surface area contributed by atoms with Crippen LogP contribution in [0, 0.1) is 23.7 Å². The molecule has 2 aliphatic heterocycles. The number of nitrogens with zero attached hydrogens (tertiary/aromatic N) is 2. The molecule has 55 heavy (non-hydrogen) atoms. The van der Waals surface area contributed by atoms with Crippen molar-refractivity contribution in [2.24, 2.45) is 23.7 Å². The molecule has 3 saturated carbocycles. The van der Waals surface area contributed by atoms with Gasteiger partial charge in [0.05, 0.1) is 16.5 Å². The van der Waals surface area contributed by atoms with Gasteiger partial charge >= 0.3 is 0 Å². The molecule has 6 aliphatic rings. The highest BCUT2D eigenvalue weighted by atomic mass is 32.1. The van der Waals surface area contributed by atoms with Gasteiger partial charge in [-0.1, -0.05) is 76.3 Å². The number of fused-ring (bicyclic) bond motifs is 1. The molecule has 11 nitrogen and oxygen atoms in total. The Hall–Kier alpha value is -4.06. The number of hydrogen-bond acceptors (Lipinski definition) is 7. The molecule has 2 aromatic rings. The van der Waals surface area contributed by atoms with E-state index in [2.05, 4.69) is 41.9 Å². The summed E-state index contributed by atoms with van der Waals surface area (Å²) in [5, 5.41) is 10.7. The summed E-state index contributed by atoms with van der Waals surface area (Å²) in [6.07, 6.45) is 10.8. The molecule has 3 N–H and O–H groups in total. The molecule has 0 bridgehead atoms. The number of nitrogens with one attached hydrogen (secondary N) is 3. The summed E-state index contributed by atoms with van der Waals surface area (Å²) in [6.45, 7) is 4.58. The fourth-order valence-corrected chi connectivity index (χ4v) is 10.8. The van der Waals surface area contributed by atoms with Crippen LogP contribution in [0.25, 0.3) is 0 Å². The fraction of sp³-hybridized carbons (Fsp3) is 0.628. The molecule has 5 atom stereocenters. The van der Waals surface area contributed by atoms with Crippen LogP contribution in [0.4, 0.5) is 0 Å². The number of amides is 5. The van der Waals surface area contributed by atoms with Crippen LogP contribution >= 0.6 is 11.3 Å². The van der Waals surface area contributed by atoms with Gasteiger partial charge in [-0.05, 0) is 104 Å². The lowest BCUT2D eigenvalue weighted by atomic mass is 9.66. The standard InChI is InChI=1S/C43H55N5O6S/c1-25(2)21-29-16-19-47(34(29)39(51)45-32(22-26-12-13-26)36(49)40(52)44-31-14-15-31)41(53)35(30-23-27-9-4-5-10-28(27)24-30)48-42(54)37(43(48)17-6-3-7-18-43)46-38(50)33-11-8-20-55-33/h4-5,8-11,20,25-26,29-32,34-35,37H,3,6-7,12-19,21-24H2,1-2H3,(H,44,52)(H,45,51)(H,46,50)/t29-,32?,34+,35+,37-/m1/s1. The molecule has 1 aromatic carbocycles. The van der Waals surface area contributed by atoms with E-state index >= 15 is 4.79 Å². The first-order valence-corrected chi connectivity index (χ1v) is 21.6. The van der Waals surface area contributed by atoms with Gasteiger partial charge in [0.1, 0.15) is 18.1 Å². The number of thiophene rings is 1. The number of rotatable bonds is 14. The van der Waals surface area contributed by atoms with Crippen molar-refractivity contribution in [1.29, 1.82) is 0 Å².